The molecule has 4 bridgehead atoms. The number of hydrogen-bond acceptors (Lipinski definition) is 4. The third-order valence-electron chi connectivity index (χ3n) is 13.7. The molecule has 6 nitrogen and oxygen atoms in total. The van der Waals surface area contributed by atoms with Gasteiger partial charge in [-0.1, -0.05) is 62.4 Å². The van der Waals surface area contributed by atoms with E-state index in [1.165, 1.54) is 77.6 Å². The van der Waals surface area contributed by atoms with E-state index in [4.69, 9.17) is 9.97 Å². The number of nitrogens with zero attached hydrogens (tertiary/aromatic N) is 2. The molecule has 254 valence electrons. The van der Waals surface area contributed by atoms with Crippen molar-refractivity contribution in [3.05, 3.63) is 94.8 Å². The highest BCUT2D eigenvalue weighted by molar-refractivity contribution is 5.85. The van der Waals surface area contributed by atoms with Crippen LogP contribution in [0.2, 0.25) is 0 Å². The molecular weight excluding hydrogens is 613 g/mol. The van der Waals surface area contributed by atoms with Gasteiger partial charge >= 0.3 is 0 Å². The SMILES string of the molecule is CC1CNC(c2ncc(-c3ccc(-c4ccc(-c5ccc(-c6cnc(C7CC(C)CN7)[nH]6)c6c5C5CCC6C5)c5c4C4CCC5C4)cc3)[nH]2)C1. The first kappa shape index (κ1) is 29.7. The lowest BCUT2D eigenvalue weighted by atomic mass is 9.77. The Bertz CT molecular complexity index is 2120. The maximum Gasteiger partial charge on any atom is 0.123 e. The van der Waals surface area contributed by atoms with E-state index >= 15 is 0 Å². The predicted molar refractivity (Wildman–Crippen MR) is 200 cm³/mol. The van der Waals surface area contributed by atoms with Gasteiger partial charge in [0.1, 0.15) is 11.6 Å². The molecule has 50 heavy (non-hydrogen) atoms. The molecule has 0 amide bonds. The molecule has 2 aromatic heterocycles. The summed E-state index contributed by atoms with van der Waals surface area (Å²) in [6.07, 6.45) is 14.4. The van der Waals surface area contributed by atoms with Crippen molar-refractivity contribution in [2.45, 2.75) is 101 Å². The van der Waals surface area contributed by atoms with Gasteiger partial charge in [-0.15, -0.1) is 0 Å². The van der Waals surface area contributed by atoms with Crippen molar-refractivity contribution in [3.8, 4) is 44.8 Å². The zero-order chi connectivity index (χ0) is 33.1. The molecule has 0 spiro atoms. The molecule has 2 saturated heterocycles. The summed E-state index contributed by atoms with van der Waals surface area (Å²) in [4.78, 5) is 17.1. The Kier molecular flexibility index (Phi) is 6.68. The summed E-state index contributed by atoms with van der Waals surface area (Å²) >= 11 is 0. The number of benzene rings is 3. The van der Waals surface area contributed by atoms with E-state index in [-0.39, 0.29) is 0 Å². The zero-order valence-corrected chi connectivity index (χ0v) is 29.4. The van der Waals surface area contributed by atoms with Crippen molar-refractivity contribution in [2.75, 3.05) is 13.1 Å². The largest absolute Gasteiger partial charge is 0.341 e. The van der Waals surface area contributed by atoms with Crippen LogP contribution in [0.25, 0.3) is 44.8 Å². The minimum absolute atomic E-state index is 0.337. The maximum atomic E-state index is 4.91. The van der Waals surface area contributed by atoms with E-state index in [2.05, 4.69) is 89.2 Å². The van der Waals surface area contributed by atoms with Crippen LogP contribution in [0.5, 0.6) is 0 Å². The summed E-state index contributed by atoms with van der Waals surface area (Å²) in [6, 6.07) is 19.8. The lowest BCUT2D eigenvalue weighted by Gasteiger charge is -2.27. The van der Waals surface area contributed by atoms with Crippen LogP contribution in [0.3, 0.4) is 0 Å². The fraction of sp³-hybridized carbons (Fsp3) is 0.455. The molecule has 2 aliphatic heterocycles. The van der Waals surface area contributed by atoms with Gasteiger partial charge in [-0.25, -0.2) is 9.97 Å². The lowest BCUT2D eigenvalue weighted by molar-refractivity contribution is 0.588. The minimum atomic E-state index is 0.337. The predicted octanol–water partition coefficient (Wildman–Crippen LogP) is 9.87. The zero-order valence-electron chi connectivity index (χ0n) is 29.4. The van der Waals surface area contributed by atoms with Crippen LogP contribution in [0.1, 0.15) is 135 Å². The summed E-state index contributed by atoms with van der Waals surface area (Å²) in [5, 5.41) is 7.29. The molecule has 8 unspecified atom stereocenters. The summed E-state index contributed by atoms with van der Waals surface area (Å²) in [5.74, 6) is 6.29. The number of hydrogen-bond donors (Lipinski definition) is 4. The Morgan fingerprint density at radius 2 is 0.920 bits per heavy atom. The molecule has 11 rings (SSSR count). The Balaban J connectivity index is 0.956. The van der Waals surface area contributed by atoms with Gasteiger partial charge in [0.2, 0.25) is 0 Å². The molecule has 4 heterocycles. The summed E-state index contributed by atoms with van der Waals surface area (Å²) < 4.78 is 0. The van der Waals surface area contributed by atoms with Crippen molar-refractivity contribution in [1.29, 1.82) is 0 Å². The molecule has 4 aliphatic carbocycles. The highest BCUT2D eigenvalue weighted by atomic mass is 15.1. The van der Waals surface area contributed by atoms with Crippen LogP contribution in [0, 0.1) is 11.8 Å². The number of fused-ring (bicyclic) bond motifs is 10. The smallest absolute Gasteiger partial charge is 0.123 e. The quantitative estimate of drug-likeness (QED) is 0.146. The van der Waals surface area contributed by atoms with Crippen molar-refractivity contribution in [3.63, 3.8) is 0 Å². The van der Waals surface area contributed by atoms with Crippen molar-refractivity contribution in [2.24, 2.45) is 11.8 Å². The topological polar surface area (TPSA) is 81.4 Å². The van der Waals surface area contributed by atoms with Gasteiger partial charge in [0.05, 0.1) is 35.9 Å². The fourth-order valence-corrected chi connectivity index (χ4v) is 11.4. The molecule has 4 fully saturated rings. The van der Waals surface area contributed by atoms with Crippen LogP contribution < -0.4 is 10.6 Å². The molecule has 0 radical (unpaired) electrons. The molecule has 6 heteroatoms. The Morgan fingerprint density at radius 1 is 0.480 bits per heavy atom. The molecular formula is C44H48N6. The molecule has 2 saturated carbocycles. The van der Waals surface area contributed by atoms with E-state index in [0.29, 0.717) is 47.6 Å². The summed E-state index contributed by atoms with van der Waals surface area (Å²) in [6.45, 7) is 6.79. The third kappa shape index (κ3) is 4.53. The van der Waals surface area contributed by atoms with Crippen LogP contribution >= 0.6 is 0 Å². The standard InChI is InChI=1S/C44H48N6/c1-23-15-35(45-19-23)43-47-21-37(49-43)26-5-3-25(4-6-26)31-11-12-32(40-28-8-7-27(17-28)39(31)40)33-13-14-34(42-30-10-9-29(18-30)41(33)42)38-22-48-44(50-38)36-16-24(2)20-46-36/h3-6,11-14,21-24,27-30,35-36,45-46H,7-10,15-20H2,1-2H3,(H,47,49)(H,48,50). The Morgan fingerprint density at radius 3 is 1.46 bits per heavy atom. The molecule has 3 aromatic carbocycles. The molecule has 6 aliphatic rings. The molecule has 8 atom stereocenters. The van der Waals surface area contributed by atoms with Crippen molar-refractivity contribution < 1.29 is 0 Å². The summed E-state index contributed by atoms with van der Waals surface area (Å²) in [7, 11) is 0. The number of imidazole rings is 2. The first-order valence-electron chi connectivity index (χ1n) is 19.6. The average molecular weight is 661 g/mol. The van der Waals surface area contributed by atoms with Crippen LogP contribution in [0.15, 0.2) is 60.9 Å². The summed E-state index contributed by atoms with van der Waals surface area (Å²) in [5.41, 5.74) is 17.4. The minimum Gasteiger partial charge on any atom is -0.341 e. The second-order valence-electron chi connectivity index (χ2n) is 16.9. The van der Waals surface area contributed by atoms with E-state index in [0.717, 1.165) is 43.3 Å². The van der Waals surface area contributed by atoms with Crippen molar-refractivity contribution >= 4 is 0 Å². The first-order chi connectivity index (χ1) is 24.6. The molecule has 5 aromatic rings. The monoisotopic (exact) mass is 660 g/mol. The van der Waals surface area contributed by atoms with Gasteiger partial charge in [-0.2, -0.15) is 0 Å². The third-order valence-corrected chi connectivity index (χ3v) is 13.7. The van der Waals surface area contributed by atoms with E-state index < -0.39 is 0 Å². The van der Waals surface area contributed by atoms with E-state index in [1.54, 1.807) is 22.3 Å². The second-order valence-corrected chi connectivity index (χ2v) is 16.9. The number of rotatable bonds is 6. The number of H-pyrrole nitrogens is 2. The van der Waals surface area contributed by atoms with Gasteiger partial charge in [-0.3, -0.25) is 0 Å². The van der Waals surface area contributed by atoms with Crippen molar-refractivity contribution in [1.82, 2.24) is 30.6 Å². The Labute approximate surface area is 295 Å². The fourth-order valence-electron chi connectivity index (χ4n) is 11.4. The van der Waals surface area contributed by atoms with Gasteiger partial charge in [-0.05, 0) is 150 Å². The lowest BCUT2D eigenvalue weighted by Crippen LogP contribution is -2.14. The van der Waals surface area contributed by atoms with Gasteiger partial charge < -0.3 is 20.6 Å². The number of aromatic nitrogens is 4. The van der Waals surface area contributed by atoms with Gasteiger partial charge in [0, 0.05) is 5.56 Å². The van der Waals surface area contributed by atoms with Gasteiger partial charge in [0.15, 0.2) is 0 Å². The van der Waals surface area contributed by atoms with Crippen LogP contribution in [0.4, 0.5) is 0 Å². The first-order valence-corrected chi connectivity index (χ1v) is 19.6. The highest BCUT2D eigenvalue weighted by Crippen LogP contribution is 2.62. The molecule has 4 N–H and O–H groups in total. The average Bonchev–Trinajstić information content (AvgIpc) is 4.00. The number of nitrogens with one attached hydrogen (secondary N) is 4. The Hall–Kier alpha value is -4.00. The second kappa shape index (κ2) is 11.2. The maximum absolute atomic E-state index is 4.91. The van der Waals surface area contributed by atoms with Gasteiger partial charge in [0.25, 0.3) is 0 Å². The highest BCUT2D eigenvalue weighted by Gasteiger charge is 2.44. The van der Waals surface area contributed by atoms with Crippen LogP contribution in [-0.2, 0) is 0 Å². The normalized spacial score (nSPS) is 30.4. The van der Waals surface area contributed by atoms with Crippen LogP contribution in [-0.4, -0.2) is 33.0 Å². The van der Waals surface area contributed by atoms with E-state index in [1.807, 2.05) is 6.20 Å². The van der Waals surface area contributed by atoms with E-state index in [9.17, 15) is 0 Å². The number of aromatic amines is 2.